The second-order valence-electron chi connectivity index (χ2n) is 4.96. The zero-order chi connectivity index (χ0) is 13.9. The Balaban J connectivity index is 1.93. The summed E-state index contributed by atoms with van der Waals surface area (Å²) in [6.45, 7) is 0. The summed E-state index contributed by atoms with van der Waals surface area (Å²) in [7, 11) is 0. The van der Waals surface area contributed by atoms with E-state index in [1.165, 1.54) is 0 Å². The molecular weight excluding hydrogens is 268 g/mol. The molecule has 1 heterocycles. The first-order valence-corrected chi connectivity index (χ1v) is 7.75. The Labute approximate surface area is 122 Å². The molecule has 0 fully saturated rings. The molecule has 1 aliphatic heterocycles. The maximum absolute atomic E-state index is 12.7. The van der Waals surface area contributed by atoms with Gasteiger partial charge >= 0.3 is 0 Å². The minimum absolute atomic E-state index is 0.0574. The summed E-state index contributed by atoms with van der Waals surface area (Å²) >= 11 is 1.70. The third-order valence-electron chi connectivity index (χ3n) is 3.70. The van der Waals surface area contributed by atoms with E-state index < -0.39 is 6.10 Å². The summed E-state index contributed by atoms with van der Waals surface area (Å²) in [4.78, 5) is 13.7. The van der Waals surface area contributed by atoms with Gasteiger partial charge in [0, 0.05) is 10.5 Å². The van der Waals surface area contributed by atoms with Crippen molar-refractivity contribution in [3.8, 4) is 0 Å². The molecule has 3 rings (SSSR count). The van der Waals surface area contributed by atoms with Crippen LogP contribution in [-0.2, 0) is 0 Å². The second kappa shape index (κ2) is 5.81. The Kier molecular flexibility index (Phi) is 3.90. The van der Waals surface area contributed by atoms with Crippen molar-refractivity contribution >= 4 is 17.5 Å². The van der Waals surface area contributed by atoms with E-state index in [4.69, 9.17) is 0 Å². The Morgan fingerprint density at radius 3 is 2.55 bits per heavy atom. The highest BCUT2D eigenvalue weighted by atomic mass is 32.2. The molecule has 102 valence electrons. The van der Waals surface area contributed by atoms with E-state index >= 15 is 0 Å². The number of carbonyl (C=O) groups excluding carboxylic acids is 1. The number of fused-ring (bicyclic) bond motifs is 1. The molecule has 0 bridgehead atoms. The lowest BCUT2D eigenvalue weighted by atomic mass is 9.87. The molecule has 0 aliphatic carbocycles. The molecule has 0 saturated carbocycles. The summed E-state index contributed by atoms with van der Waals surface area (Å²) < 4.78 is 0. The third-order valence-corrected chi connectivity index (χ3v) is 4.80. The van der Waals surface area contributed by atoms with E-state index in [-0.39, 0.29) is 11.7 Å². The smallest absolute Gasteiger partial charge is 0.170 e. The number of aliphatic hydroxyl groups is 1. The molecule has 2 nitrogen and oxygen atoms in total. The van der Waals surface area contributed by atoms with Crippen LogP contribution in [0.2, 0.25) is 0 Å². The van der Waals surface area contributed by atoms with Crippen molar-refractivity contribution in [3.63, 3.8) is 0 Å². The SMILES string of the molecule is O=C1c2ccccc2SCCC1C(O)c1ccccc1. The summed E-state index contributed by atoms with van der Waals surface area (Å²) in [6.07, 6.45) is -0.0238. The van der Waals surface area contributed by atoms with E-state index in [9.17, 15) is 9.90 Å². The monoisotopic (exact) mass is 284 g/mol. The molecule has 1 N–H and O–H groups in total. The number of Topliss-reactive ketones (excluding diaryl/α,β-unsaturated/α-hetero) is 1. The molecule has 0 saturated heterocycles. The van der Waals surface area contributed by atoms with Gasteiger partial charge in [-0.25, -0.2) is 0 Å². The Morgan fingerprint density at radius 1 is 1.05 bits per heavy atom. The molecule has 2 atom stereocenters. The minimum atomic E-state index is -0.726. The average Bonchev–Trinajstić information content (AvgIpc) is 2.67. The number of carbonyl (C=O) groups is 1. The number of thioether (sulfide) groups is 1. The summed E-state index contributed by atoms with van der Waals surface area (Å²) in [5.74, 6) is 0.563. The number of aliphatic hydroxyl groups excluding tert-OH is 1. The van der Waals surface area contributed by atoms with Gasteiger partial charge in [0.25, 0.3) is 0 Å². The van der Waals surface area contributed by atoms with Gasteiger partial charge in [-0.15, -0.1) is 11.8 Å². The van der Waals surface area contributed by atoms with Gasteiger partial charge in [-0.05, 0) is 23.8 Å². The van der Waals surface area contributed by atoms with Gasteiger partial charge < -0.3 is 5.11 Å². The van der Waals surface area contributed by atoms with Gasteiger partial charge in [0.1, 0.15) is 0 Å². The number of rotatable bonds is 2. The lowest BCUT2D eigenvalue weighted by molar-refractivity contribution is 0.0670. The van der Waals surface area contributed by atoms with Crippen molar-refractivity contribution in [2.24, 2.45) is 5.92 Å². The highest BCUT2D eigenvalue weighted by Gasteiger charge is 2.31. The maximum Gasteiger partial charge on any atom is 0.170 e. The zero-order valence-corrected chi connectivity index (χ0v) is 11.8. The minimum Gasteiger partial charge on any atom is -0.388 e. The zero-order valence-electron chi connectivity index (χ0n) is 11.0. The third kappa shape index (κ3) is 2.51. The molecule has 2 aromatic rings. The molecule has 1 aliphatic rings. The molecule has 0 radical (unpaired) electrons. The van der Waals surface area contributed by atoms with Crippen LogP contribution in [0.5, 0.6) is 0 Å². The molecule has 0 amide bonds. The van der Waals surface area contributed by atoms with Crippen molar-refractivity contribution < 1.29 is 9.90 Å². The highest BCUT2D eigenvalue weighted by molar-refractivity contribution is 7.99. The fraction of sp³-hybridized carbons (Fsp3) is 0.235. The number of hydrogen-bond acceptors (Lipinski definition) is 3. The van der Waals surface area contributed by atoms with Gasteiger partial charge in [-0.2, -0.15) is 0 Å². The van der Waals surface area contributed by atoms with E-state index in [0.717, 1.165) is 21.8 Å². The first-order valence-electron chi connectivity index (χ1n) is 6.76. The van der Waals surface area contributed by atoms with Crippen molar-refractivity contribution in [1.29, 1.82) is 0 Å². The predicted molar refractivity (Wildman–Crippen MR) is 81.0 cm³/mol. The molecule has 2 aromatic carbocycles. The molecule has 20 heavy (non-hydrogen) atoms. The average molecular weight is 284 g/mol. The number of hydrogen-bond donors (Lipinski definition) is 1. The Bertz CT molecular complexity index is 609. The van der Waals surface area contributed by atoms with Crippen molar-refractivity contribution in [3.05, 3.63) is 65.7 Å². The van der Waals surface area contributed by atoms with Crippen LogP contribution in [0.15, 0.2) is 59.5 Å². The second-order valence-corrected chi connectivity index (χ2v) is 6.10. The normalized spacial score (nSPS) is 20.1. The summed E-state index contributed by atoms with van der Waals surface area (Å²) in [6, 6.07) is 17.1. The van der Waals surface area contributed by atoms with Gasteiger partial charge in [0.2, 0.25) is 0 Å². The van der Waals surface area contributed by atoms with E-state index in [2.05, 4.69) is 0 Å². The van der Waals surface area contributed by atoms with Crippen LogP contribution in [0.25, 0.3) is 0 Å². The predicted octanol–water partition coefficient (Wildman–Crippen LogP) is 3.71. The van der Waals surface area contributed by atoms with Gasteiger partial charge in [0.05, 0.1) is 12.0 Å². The highest BCUT2D eigenvalue weighted by Crippen LogP contribution is 2.36. The topological polar surface area (TPSA) is 37.3 Å². The Hall–Kier alpha value is -1.58. The fourth-order valence-corrected chi connectivity index (χ4v) is 3.70. The van der Waals surface area contributed by atoms with E-state index in [1.807, 2.05) is 54.6 Å². The van der Waals surface area contributed by atoms with Crippen LogP contribution in [0, 0.1) is 5.92 Å². The summed E-state index contributed by atoms with van der Waals surface area (Å²) in [5.41, 5.74) is 1.56. The molecule has 0 aromatic heterocycles. The van der Waals surface area contributed by atoms with E-state index in [0.29, 0.717) is 6.42 Å². The van der Waals surface area contributed by atoms with Gasteiger partial charge in [-0.1, -0.05) is 48.5 Å². The first-order chi connectivity index (χ1) is 9.77. The van der Waals surface area contributed by atoms with Crippen LogP contribution in [0.1, 0.15) is 28.4 Å². The van der Waals surface area contributed by atoms with Crippen molar-refractivity contribution in [1.82, 2.24) is 0 Å². The van der Waals surface area contributed by atoms with Crippen molar-refractivity contribution in [2.75, 3.05) is 5.75 Å². The number of ketones is 1. The first kappa shape index (κ1) is 13.4. The van der Waals surface area contributed by atoms with Crippen LogP contribution in [0.3, 0.4) is 0 Å². The lowest BCUT2D eigenvalue weighted by Crippen LogP contribution is -2.22. The van der Waals surface area contributed by atoms with E-state index in [1.54, 1.807) is 11.8 Å². The summed E-state index contributed by atoms with van der Waals surface area (Å²) in [5, 5.41) is 10.5. The van der Waals surface area contributed by atoms with Crippen LogP contribution < -0.4 is 0 Å². The maximum atomic E-state index is 12.7. The molecule has 0 spiro atoms. The fourth-order valence-electron chi connectivity index (χ4n) is 2.61. The van der Waals surface area contributed by atoms with Crippen molar-refractivity contribution in [2.45, 2.75) is 17.4 Å². The molecule has 2 unspecified atom stereocenters. The van der Waals surface area contributed by atoms with Gasteiger partial charge in [-0.3, -0.25) is 4.79 Å². The lowest BCUT2D eigenvalue weighted by Gasteiger charge is -2.20. The van der Waals surface area contributed by atoms with Crippen LogP contribution >= 0.6 is 11.8 Å². The quantitative estimate of drug-likeness (QED) is 0.913. The molecular formula is C17H16O2S. The van der Waals surface area contributed by atoms with Gasteiger partial charge in [0.15, 0.2) is 5.78 Å². The van der Waals surface area contributed by atoms with Crippen LogP contribution in [0.4, 0.5) is 0 Å². The largest absolute Gasteiger partial charge is 0.388 e. The number of benzene rings is 2. The Morgan fingerprint density at radius 2 is 1.75 bits per heavy atom. The van der Waals surface area contributed by atoms with Crippen LogP contribution in [-0.4, -0.2) is 16.6 Å². The molecule has 3 heteroatoms. The standard InChI is InChI=1S/C17H16O2S/c18-16(12-6-2-1-3-7-12)14-10-11-20-15-9-5-4-8-13(15)17(14)19/h1-9,14,16,18H,10-11H2.